The van der Waals surface area contributed by atoms with Crippen molar-refractivity contribution in [2.45, 2.75) is 72.0 Å². The van der Waals surface area contributed by atoms with Gasteiger partial charge < -0.3 is 18.9 Å². The number of fused-ring (bicyclic) bond motifs is 2. The molecule has 0 bridgehead atoms. The van der Waals surface area contributed by atoms with Gasteiger partial charge in [-0.2, -0.15) is 0 Å². The Hall–Kier alpha value is -2.97. The van der Waals surface area contributed by atoms with Gasteiger partial charge in [-0.25, -0.2) is 13.6 Å². The van der Waals surface area contributed by atoms with E-state index in [9.17, 15) is 4.79 Å². The number of hydrogen-bond donors (Lipinski definition) is 0. The second-order valence-corrected chi connectivity index (χ2v) is 12.2. The molecule has 3 heterocycles. The molecule has 0 spiro atoms. The summed E-state index contributed by atoms with van der Waals surface area (Å²) in [5, 5.41) is 0. The van der Waals surface area contributed by atoms with Gasteiger partial charge in [0.05, 0.1) is 25.4 Å². The molecule has 1 unspecified atom stereocenters. The van der Waals surface area contributed by atoms with Gasteiger partial charge in [-0.1, -0.05) is 0 Å². The van der Waals surface area contributed by atoms with Crippen molar-refractivity contribution in [2.75, 3.05) is 19.8 Å². The van der Waals surface area contributed by atoms with Gasteiger partial charge in [0.25, 0.3) is 0 Å². The van der Waals surface area contributed by atoms with Crippen LogP contribution in [-0.2, 0) is 27.1 Å². The van der Waals surface area contributed by atoms with Crippen molar-refractivity contribution in [1.82, 2.24) is 0 Å². The molecule has 2 aliphatic heterocycles. The molecule has 3 aromatic rings. The van der Waals surface area contributed by atoms with Crippen molar-refractivity contribution < 1.29 is 32.5 Å². The van der Waals surface area contributed by atoms with Gasteiger partial charge in [-0.3, -0.25) is 0 Å². The molecule has 0 N–H and O–H groups in total. The number of benzene rings is 2. The molecule has 5 rings (SSSR count). The largest absolute Gasteiger partial charge is 0.490 e. The van der Waals surface area contributed by atoms with Crippen molar-refractivity contribution >= 4 is 17.3 Å². The molecule has 0 radical (unpaired) electrons. The third kappa shape index (κ3) is 5.54. The normalized spacial score (nSPS) is 15.6. The van der Waals surface area contributed by atoms with Gasteiger partial charge in [0.2, 0.25) is 0 Å². The van der Waals surface area contributed by atoms with Crippen molar-refractivity contribution in [3.8, 4) is 33.1 Å². The number of thiophene rings is 1. The lowest BCUT2D eigenvalue weighted by Crippen LogP contribution is -2.29. The predicted molar refractivity (Wildman–Crippen MR) is 148 cm³/mol. The molecule has 2 aromatic carbocycles. The van der Waals surface area contributed by atoms with E-state index in [4.69, 9.17) is 18.9 Å². The summed E-state index contributed by atoms with van der Waals surface area (Å²) in [6.45, 7) is 10.4. The van der Waals surface area contributed by atoms with E-state index >= 15 is 8.78 Å². The first-order valence-electron chi connectivity index (χ1n) is 13.5. The van der Waals surface area contributed by atoms with Crippen molar-refractivity contribution in [3.63, 3.8) is 0 Å². The quantitative estimate of drug-likeness (QED) is 0.291. The maximum Gasteiger partial charge on any atom is 0.340 e. The van der Waals surface area contributed by atoms with E-state index in [-0.39, 0.29) is 18.1 Å². The molecule has 0 saturated carbocycles. The molecule has 0 saturated heterocycles. The Morgan fingerprint density at radius 3 is 2.10 bits per heavy atom. The van der Waals surface area contributed by atoms with Gasteiger partial charge in [-0.15, -0.1) is 11.3 Å². The van der Waals surface area contributed by atoms with Crippen LogP contribution in [0, 0.1) is 18.6 Å². The molecule has 0 fully saturated rings. The number of carbonyl (C=O) groups is 1. The molecule has 208 valence electrons. The summed E-state index contributed by atoms with van der Waals surface area (Å²) in [7, 11) is 0. The van der Waals surface area contributed by atoms with E-state index in [1.54, 1.807) is 6.92 Å². The highest BCUT2D eigenvalue weighted by atomic mass is 32.1. The molecular weight excluding hydrogens is 522 g/mol. The van der Waals surface area contributed by atoms with Gasteiger partial charge in [0.15, 0.2) is 29.2 Å². The highest BCUT2D eigenvalue weighted by Gasteiger charge is 2.35. The van der Waals surface area contributed by atoms with Crippen LogP contribution in [0.5, 0.6) is 11.5 Å². The zero-order valence-corrected chi connectivity index (χ0v) is 23.9. The first-order chi connectivity index (χ1) is 18.6. The second-order valence-electron chi connectivity index (χ2n) is 10.9. The minimum absolute atomic E-state index is 0.190. The molecule has 1 aromatic heterocycles. The van der Waals surface area contributed by atoms with Crippen LogP contribution in [-0.4, -0.2) is 31.4 Å². The lowest BCUT2D eigenvalue weighted by atomic mass is 9.90. The molecule has 0 aliphatic carbocycles. The molecule has 5 nitrogen and oxygen atoms in total. The lowest BCUT2D eigenvalue weighted by molar-refractivity contribution is -0.166. The van der Waals surface area contributed by atoms with E-state index in [1.165, 1.54) is 23.5 Å². The van der Waals surface area contributed by atoms with Crippen LogP contribution >= 0.6 is 11.3 Å². The van der Waals surface area contributed by atoms with E-state index in [2.05, 4.69) is 0 Å². The second kappa shape index (κ2) is 10.9. The van der Waals surface area contributed by atoms with Crippen molar-refractivity contribution in [1.29, 1.82) is 0 Å². The van der Waals surface area contributed by atoms with Gasteiger partial charge in [0, 0.05) is 20.9 Å². The Morgan fingerprint density at radius 2 is 1.54 bits per heavy atom. The Bertz CT molecular complexity index is 1410. The van der Waals surface area contributed by atoms with Crippen LogP contribution in [0.1, 0.15) is 68.2 Å². The third-order valence-electron chi connectivity index (χ3n) is 6.83. The highest BCUT2D eigenvalue weighted by Crippen LogP contribution is 2.49. The lowest BCUT2D eigenvalue weighted by Gasteiger charge is -2.28. The fourth-order valence-corrected chi connectivity index (χ4v) is 6.49. The van der Waals surface area contributed by atoms with Crippen LogP contribution in [0.15, 0.2) is 24.3 Å². The fraction of sp³-hybridized carbons (Fsp3) is 0.452. The smallest absolute Gasteiger partial charge is 0.340 e. The number of rotatable bonds is 6. The Balaban J connectivity index is 1.78. The SMILES string of the molecule is CCOC(=O)C(OC(C)(C)C)c1c(C)sc(-c2cc(F)c3c(c2)CCCO3)c1-c1cc(F)c2c(c1)CCCO2. The highest BCUT2D eigenvalue weighted by molar-refractivity contribution is 7.16. The summed E-state index contributed by atoms with van der Waals surface area (Å²) >= 11 is 1.43. The van der Waals surface area contributed by atoms with Gasteiger partial charge in [0.1, 0.15) is 0 Å². The number of halogens is 2. The van der Waals surface area contributed by atoms with Crippen molar-refractivity contribution in [3.05, 3.63) is 57.5 Å². The topological polar surface area (TPSA) is 54.0 Å². The summed E-state index contributed by atoms with van der Waals surface area (Å²) < 4.78 is 53.6. The standard InChI is InChI=1S/C31H34F2O5S/c1-6-35-30(34)28(38-31(3,4)5)24-17(2)39-29(21-14-19-10-8-12-37-27(19)23(33)16-21)25(24)20-13-18-9-7-11-36-26(18)22(32)15-20/h13-16,28H,6-12H2,1-5H3. The number of aryl methyl sites for hydroxylation is 3. The zero-order valence-electron chi connectivity index (χ0n) is 23.0. The number of hydrogen-bond acceptors (Lipinski definition) is 6. The van der Waals surface area contributed by atoms with Crippen LogP contribution in [0.25, 0.3) is 21.6 Å². The monoisotopic (exact) mass is 556 g/mol. The maximum atomic E-state index is 15.4. The van der Waals surface area contributed by atoms with Gasteiger partial charge >= 0.3 is 5.97 Å². The fourth-order valence-electron chi connectivity index (χ4n) is 5.30. The average Bonchev–Trinajstić information content (AvgIpc) is 3.23. The summed E-state index contributed by atoms with van der Waals surface area (Å²) in [6, 6.07) is 6.77. The predicted octanol–water partition coefficient (Wildman–Crippen LogP) is 7.74. The maximum absolute atomic E-state index is 15.4. The summed E-state index contributed by atoms with van der Waals surface area (Å²) in [5.41, 5.74) is 3.38. The van der Waals surface area contributed by atoms with E-state index in [1.807, 2.05) is 39.8 Å². The van der Waals surface area contributed by atoms with Crippen LogP contribution in [0.2, 0.25) is 0 Å². The molecular formula is C31H34F2O5S. The number of carbonyl (C=O) groups excluding carboxylic acids is 1. The minimum atomic E-state index is -1.05. The van der Waals surface area contributed by atoms with E-state index in [0.717, 1.165) is 33.7 Å². The molecule has 39 heavy (non-hydrogen) atoms. The molecule has 2 aliphatic rings. The summed E-state index contributed by atoms with van der Waals surface area (Å²) in [6.07, 6.45) is 1.92. The Kier molecular flexibility index (Phi) is 7.71. The molecule has 0 amide bonds. The summed E-state index contributed by atoms with van der Waals surface area (Å²) in [5.74, 6) is -0.855. The Labute approximate surface area is 232 Å². The van der Waals surface area contributed by atoms with Crippen LogP contribution in [0.4, 0.5) is 8.78 Å². The first kappa shape index (κ1) is 27.6. The average molecular weight is 557 g/mol. The molecule has 8 heteroatoms. The van der Waals surface area contributed by atoms with E-state index < -0.39 is 29.3 Å². The van der Waals surface area contributed by atoms with Gasteiger partial charge in [-0.05, 0) is 107 Å². The third-order valence-corrected chi connectivity index (χ3v) is 8.00. The minimum Gasteiger partial charge on any atom is -0.490 e. The van der Waals surface area contributed by atoms with Crippen molar-refractivity contribution in [2.24, 2.45) is 0 Å². The number of esters is 1. The van der Waals surface area contributed by atoms with E-state index in [0.29, 0.717) is 48.3 Å². The number of ether oxygens (including phenoxy) is 4. The van der Waals surface area contributed by atoms with Crippen LogP contribution in [0.3, 0.4) is 0 Å². The zero-order chi connectivity index (χ0) is 27.9. The Morgan fingerprint density at radius 1 is 0.974 bits per heavy atom. The summed E-state index contributed by atoms with van der Waals surface area (Å²) in [4.78, 5) is 14.9. The van der Waals surface area contributed by atoms with Crippen LogP contribution < -0.4 is 9.47 Å². The first-order valence-corrected chi connectivity index (χ1v) is 14.3. The molecule has 1 atom stereocenters.